The van der Waals surface area contributed by atoms with Crippen LogP contribution in [-0.4, -0.2) is 47.1 Å². The lowest BCUT2D eigenvalue weighted by molar-refractivity contribution is 0.208. The van der Waals surface area contributed by atoms with Crippen LogP contribution in [0, 0.1) is 5.92 Å². The van der Waals surface area contributed by atoms with E-state index in [1.165, 1.54) is 22.2 Å². The summed E-state index contributed by atoms with van der Waals surface area (Å²) < 4.78 is 0. The largest absolute Gasteiger partial charge is 0.352 e. The number of hydrogen-bond donors (Lipinski definition) is 1. The van der Waals surface area contributed by atoms with Gasteiger partial charge >= 0.3 is 6.03 Å². The first kappa shape index (κ1) is 23.1. The summed E-state index contributed by atoms with van der Waals surface area (Å²) in [5, 5.41) is 4.41. The van der Waals surface area contributed by atoms with Crippen LogP contribution in [0.3, 0.4) is 0 Å². The SMILES string of the molecule is CCCc1nc(N2CCN(C(=O)Nc3ccccc3CC)CC2)c2c3c(sc2n1)CC(C)CC3. The lowest BCUT2D eigenvalue weighted by atomic mass is 9.89. The number of carbonyl (C=O) groups excluding carboxylic acids is 1. The number of rotatable bonds is 5. The number of nitrogens with zero attached hydrogens (tertiary/aromatic N) is 4. The van der Waals surface area contributed by atoms with Gasteiger partial charge in [-0.25, -0.2) is 14.8 Å². The van der Waals surface area contributed by atoms with Crippen LogP contribution in [0.2, 0.25) is 0 Å². The van der Waals surface area contributed by atoms with E-state index in [-0.39, 0.29) is 6.03 Å². The summed E-state index contributed by atoms with van der Waals surface area (Å²) in [5.41, 5.74) is 3.56. The molecule has 0 bridgehead atoms. The Bertz CT molecular complexity index is 1180. The fraction of sp³-hybridized carbons (Fsp3) is 0.519. The molecule has 1 atom stereocenters. The Hall–Kier alpha value is -2.67. The second kappa shape index (κ2) is 9.90. The molecule has 1 aromatic carbocycles. The first-order chi connectivity index (χ1) is 16.6. The molecule has 1 unspecified atom stereocenters. The minimum Gasteiger partial charge on any atom is -0.352 e. The number of benzene rings is 1. The number of piperazine rings is 1. The van der Waals surface area contributed by atoms with E-state index in [9.17, 15) is 4.79 Å². The van der Waals surface area contributed by atoms with Crippen molar-refractivity contribution in [3.05, 3.63) is 46.1 Å². The molecule has 34 heavy (non-hydrogen) atoms. The molecule has 0 spiro atoms. The number of nitrogens with one attached hydrogen (secondary N) is 1. The molecule has 180 valence electrons. The lowest BCUT2D eigenvalue weighted by Crippen LogP contribution is -2.50. The predicted molar refractivity (Wildman–Crippen MR) is 141 cm³/mol. The summed E-state index contributed by atoms with van der Waals surface area (Å²) in [7, 11) is 0. The third kappa shape index (κ3) is 4.50. The van der Waals surface area contributed by atoms with Crippen molar-refractivity contribution in [3.8, 4) is 0 Å². The van der Waals surface area contributed by atoms with E-state index in [1.54, 1.807) is 0 Å². The molecule has 0 radical (unpaired) electrons. The topological polar surface area (TPSA) is 61.4 Å². The molecule has 1 saturated heterocycles. The van der Waals surface area contributed by atoms with Gasteiger partial charge in [0, 0.05) is 43.2 Å². The van der Waals surface area contributed by atoms with Gasteiger partial charge in [-0.3, -0.25) is 0 Å². The number of para-hydroxylation sites is 1. The highest BCUT2D eigenvalue weighted by molar-refractivity contribution is 7.19. The Kier molecular flexibility index (Phi) is 6.73. The van der Waals surface area contributed by atoms with Crippen LogP contribution in [0.25, 0.3) is 10.2 Å². The lowest BCUT2D eigenvalue weighted by Gasteiger charge is -2.36. The molecule has 2 aliphatic rings. The van der Waals surface area contributed by atoms with Crippen molar-refractivity contribution in [2.45, 2.75) is 59.3 Å². The molecule has 3 aromatic rings. The molecular formula is C27H35N5OS. The van der Waals surface area contributed by atoms with Crippen molar-refractivity contribution in [1.82, 2.24) is 14.9 Å². The van der Waals surface area contributed by atoms with Gasteiger partial charge in [-0.2, -0.15) is 0 Å². The highest BCUT2D eigenvalue weighted by atomic mass is 32.1. The van der Waals surface area contributed by atoms with Crippen LogP contribution in [-0.2, 0) is 25.7 Å². The van der Waals surface area contributed by atoms with Crippen molar-refractivity contribution in [3.63, 3.8) is 0 Å². The maximum absolute atomic E-state index is 13.0. The van der Waals surface area contributed by atoms with E-state index in [1.807, 2.05) is 34.4 Å². The molecule has 1 N–H and O–H groups in total. The maximum Gasteiger partial charge on any atom is 0.321 e. The van der Waals surface area contributed by atoms with E-state index in [0.29, 0.717) is 13.1 Å². The highest BCUT2D eigenvalue weighted by Crippen LogP contribution is 2.41. The minimum absolute atomic E-state index is 0.0121. The molecule has 6 nitrogen and oxygen atoms in total. The number of urea groups is 1. The average Bonchev–Trinajstić information content (AvgIpc) is 3.21. The standard InChI is InChI=1S/C27H35N5OS/c1-4-8-23-29-25(24-20-12-11-18(3)17-22(20)34-26(24)30-23)31-13-15-32(16-14-31)27(33)28-21-10-7-6-9-19(21)5-2/h6-7,9-10,18H,4-5,8,11-17H2,1-3H3,(H,28,33). The summed E-state index contributed by atoms with van der Waals surface area (Å²) in [6, 6.07) is 8.04. The molecular weight excluding hydrogens is 442 g/mol. The van der Waals surface area contributed by atoms with E-state index >= 15 is 0 Å². The zero-order chi connectivity index (χ0) is 23.7. The Morgan fingerprint density at radius 1 is 1.15 bits per heavy atom. The van der Waals surface area contributed by atoms with Crippen LogP contribution in [0.15, 0.2) is 24.3 Å². The van der Waals surface area contributed by atoms with Gasteiger partial charge in [0.05, 0.1) is 5.39 Å². The first-order valence-corrected chi connectivity index (χ1v) is 13.6. The molecule has 5 rings (SSSR count). The second-order valence-corrected chi connectivity index (χ2v) is 10.7. The Morgan fingerprint density at radius 3 is 2.71 bits per heavy atom. The molecule has 1 fully saturated rings. The van der Waals surface area contributed by atoms with Crippen molar-refractivity contribution in [1.29, 1.82) is 0 Å². The Balaban J connectivity index is 1.36. The zero-order valence-electron chi connectivity index (χ0n) is 20.6. The van der Waals surface area contributed by atoms with E-state index in [2.05, 4.69) is 37.1 Å². The second-order valence-electron chi connectivity index (χ2n) is 9.66. The molecule has 7 heteroatoms. The summed E-state index contributed by atoms with van der Waals surface area (Å²) in [6.45, 7) is 9.62. The highest BCUT2D eigenvalue weighted by Gasteiger charge is 2.28. The molecule has 1 aliphatic carbocycles. The van der Waals surface area contributed by atoms with Crippen LogP contribution >= 0.6 is 11.3 Å². The third-order valence-corrected chi connectivity index (χ3v) is 8.31. The van der Waals surface area contributed by atoms with Gasteiger partial charge in [-0.1, -0.05) is 39.0 Å². The number of thiophene rings is 1. The smallest absolute Gasteiger partial charge is 0.321 e. The van der Waals surface area contributed by atoms with Crippen LogP contribution in [0.5, 0.6) is 0 Å². The number of anilines is 2. The number of hydrogen-bond acceptors (Lipinski definition) is 5. The van der Waals surface area contributed by atoms with Crippen LogP contribution < -0.4 is 10.2 Å². The van der Waals surface area contributed by atoms with Crippen LogP contribution in [0.1, 0.15) is 55.4 Å². The Morgan fingerprint density at radius 2 is 1.94 bits per heavy atom. The van der Waals surface area contributed by atoms with Gasteiger partial charge < -0.3 is 15.1 Å². The summed E-state index contributed by atoms with van der Waals surface area (Å²) in [4.78, 5) is 30.0. The fourth-order valence-electron chi connectivity index (χ4n) is 5.20. The third-order valence-electron chi connectivity index (χ3n) is 7.16. The monoisotopic (exact) mass is 477 g/mol. The minimum atomic E-state index is -0.0121. The van der Waals surface area contributed by atoms with Gasteiger partial charge in [0.25, 0.3) is 0 Å². The van der Waals surface area contributed by atoms with E-state index in [0.717, 1.165) is 78.8 Å². The number of fused-ring (bicyclic) bond motifs is 3. The van der Waals surface area contributed by atoms with Crippen molar-refractivity contribution < 1.29 is 4.79 Å². The molecule has 0 saturated carbocycles. The molecule has 1 aliphatic heterocycles. The predicted octanol–water partition coefficient (Wildman–Crippen LogP) is 5.69. The first-order valence-electron chi connectivity index (χ1n) is 12.8. The quantitative estimate of drug-likeness (QED) is 0.513. The maximum atomic E-state index is 13.0. The van der Waals surface area contributed by atoms with E-state index in [4.69, 9.17) is 9.97 Å². The fourth-order valence-corrected chi connectivity index (χ4v) is 6.59. The normalized spacial score (nSPS) is 18.3. The van der Waals surface area contributed by atoms with Gasteiger partial charge in [-0.15, -0.1) is 11.3 Å². The molecule has 2 aromatic heterocycles. The van der Waals surface area contributed by atoms with Crippen LogP contribution in [0.4, 0.5) is 16.3 Å². The van der Waals surface area contributed by atoms with Crippen molar-refractivity contribution in [2.75, 3.05) is 36.4 Å². The average molecular weight is 478 g/mol. The molecule has 2 amide bonds. The summed E-state index contributed by atoms with van der Waals surface area (Å²) >= 11 is 1.88. The van der Waals surface area contributed by atoms with Crippen molar-refractivity contribution in [2.24, 2.45) is 5.92 Å². The molecule has 3 heterocycles. The zero-order valence-corrected chi connectivity index (χ0v) is 21.4. The van der Waals surface area contributed by atoms with Gasteiger partial charge in [0.1, 0.15) is 16.5 Å². The summed E-state index contributed by atoms with van der Waals surface area (Å²) in [5.74, 6) is 2.79. The number of amides is 2. The Labute approximate surface area is 206 Å². The summed E-state index contributed by atoms with van der Waals surface area (Å²) in [6.07, 6.45) is 6.37. The van der Waals surface area contributed by atoms with Crippen molar-refractivity contribution >= 4 is 39.1 Å². The van der Waals surface area contributed by atoms with Gasteiger partial charge in [0.15, 0.2) is 0 Å². The number of carbonyl (C=O) groups is 1. The number of aromatic nitrogens is 2. The number of aryl methyl sites for hydroxylation is 3. The van der Waals surface area contributed by atoms with Gasteiger partial charge in [-0.05, 0) is 55.2 Å². The van der Waals surface area contributed by atoms with Gasteiger partial charge in [0.2, 0.25) is 0 Å². The van der Waals surface area contributed by atoms with E-state index < -0.39 is 0 Å².